The van der Waals surface area contributed by atoms with Crippen LogP contribution in [-0.4, -0.2) is 44.3 Å². The Balaban J connectivity index is 2.00. The van der Waals surface area contributed by atoms with Crippen molar-refractivity contribution < 1.29 is 0 Å². The molecule has 0 aliphatic rings. The van der Waals surface area contributed by atoms with Gasteiger partial charge in [-0.3, -0.25) is 0 Å². The Labute approximate surface area is 246 Å². The van der Waals surface area contributed by atoms with Gasteiger partial charge in [-0.15, -0.1) is 0 Å². The largest absolute Gasteiger partial charge is 0.372 e. The fourth-order valence-electron chi connectivity index (χ4n) is 5.97. The van der Waals surface area contributed by atoms with Gasteiger partial charge in [0.2, 0.25) is 0 Å². The standard InChI is InChI=1S/C35H48N4S/c1-10-37(11-2)27-18-16-24(7)29(21-27)34(30-22-28(19-17-25(30)8)38(12-3)13-4)31-23-33-32(20-26(31)9)36-35(40-33)39(14-5)15-6/h16-23,34H,10-15H2,1-9H3. The second-order valence-corrected chi connectivity index (χ2v) is 11.7. The summed E-state index contributed by atoms with van der Waals surface area (Å²) in [4.78, 5) is 12.3. The number of rotatable bonds is 12. The summed E-state index contributed by atoms with van der Waals surface area (Å²) in [5, 5.41) is 1.12. The molecule has 1 heterocycles. The number of anilines is 3. The van der Waals surface area contributed by atoms with E-state index in [1.807, 2.05) is 11.3 Å². The fourth-order valence-corrected chi connectivity index (χ4v) is 7.10. The van der Waals surface area contributed by atoms with E-state index in [9.17, 15) is 0 Å². The first-order valence-electron chi connectivity index (χ1n) is 15.2. The molecule has 0 bridgehead atoms. The average molecular weight is 557 g/mol. The molecule has 3 aromatic carbocycles. The van der Waals surface area contributed by atoms with E-state index in [2.05, 4.69) is 126 Å². The van der Waals surface area contributed by atoms with Crippen LogP contribution in [0.25, 0.3) is 10.2 Å². The zero-order chi connectivity index (χ0) is 29.0. The van der Waals surface area contributed by atoms with Crippen LogP contribution in [0.5, 0.6) is 0 Å². The predicted octanol–water partition coefficient (Wildman–Crippen LogP) is 8.94. The third-order valence-corrected chi connectivity index (χ3v) is 9.59. The molecule has 0 amide bonds. The molecule has 0 saturated heterocycles. The number of fused-ring (bicyclic) bond motifs is 1. The molecule has 5 heteroatoms. The van der Waals surface area contributed by atoms with E-state index in [1.165, 1.54) is 49.5 Å². The molecule has 0 unspecified atom stereocenters. The molecule has 0 saturated carbocycles. The SMILES string of the molecule is CCN(CC)c1ccc(C)c(C(c2cc(N(CC)CC)ccc2C)c2cc3sc(N(CC)CC)nc3cc2C)c1. The minimum absolute atomic E-state index is 0.134. The molecule has 0 aliphatic carbocycles. The summed E-state index contributed by atoms with van der Waals surface area (Å²) in [5.41, 5.74) is 11.8. The third kappa shape index (κ3) is 5.85. The number of hydrogen-bond donors (Lipinski definition) is 0. The number of aromatic nitrogens is 1. The van der Waals surface area contributed by atoms with Crippen LogP contribution in [0.3, 0.4) is 0 Å². The molecule has 214 valence electrons. The molecule has 0 N–H and O–H groups in total. The van der Waals surface area contributed by atoms with Crippen molar-refractivity contribution in [3.8, 4) is 0 Å². The van der Waals surface area contributed by atoms with E-state index >= 15 is 0 Å². The molecule has 0 spiro atoms. The van der Waals surface area contributed by atoms with Gasteiger partial charge in [0.05, 0.1) is 10.2 Å². The van der Waals surface area contributed by atoms with Crippen molar-refractivity contribution in [2.45, 2.75) is 68.2 Å². The fraction of sp³-hybridized carbons (Fsp3) is 0.457. The lowest BCUT2D eigenvalue weighted by Crippen LogP contribution is -2.23. The molecule has 0 aliphatic heterocycles. The van der Waals surface area contributed by atoms with Gasteiger partial charge in [0.25, 0.3) is 0 Å². The topological polar surface area (TPSA) is 22.6 Å². The molecule has 4 rings (SSSR count). The van der Waals surface area contributed by atoms with Gasteiger partial charge in [-0.05, 0) is 132 Å². The summed E-state index contributed by atoms with van der Waals surface area (Å²) in [6, 6.07) is 18.9. The van der Waals surface area contributed by atoms with E-state index in [0.717, 1.165) is 49.9 Å². The Bertz CT molecular complexity index is 1370. The third-order valence-electron chi connectivity index (χ3n) is 8.51. The number of thiazole rings is 1. The normalized spacial score (nSPS) is 11.4. The lowest BCUT2D eigenvalue weighted by molar-refractivity contribution is 0.854. The van der Waals surface area contributed by atoms with Crippen LogP contribution >= 0.6 is 11.3 Å². The molecule has 0 atom stereocenters. The number of hydrogen-bond acceptors (Lipinski definition) is 5. The Kier molecular flexibility index (Phi) is 9.78. The summed E-state index contributed by atoms with van der Waals surface area (Å²) in [7, 11) is 0. The van der Waals surface area contributed by atoms with Crippen LogP contribution in [0.2, 0.25) is 0 Å². The quantitative estimate of drug-likeness (QED) is 0.162. The number of benzene rings is 3. The van der Waals surface area contributed by atoms with E-state index in [4.69, 9.17) is 4.98 Å². The second kappa shape index (κ2) is 13.1. The van der Waals surface area contributed by atoms with Crippen LogP contribution in [0.15, 0.2) is 48.5 Å². The van der Waals surface area contributed by atoms with Gasteiger partial charge in [-0.2, -0.15) is 0 Å². The van der Waals surface area contributed by atoms with Crippen LogP contribution in [0.1, 0.15) is 80.8 Å². The number of nitrogens with zero attached hydrogens (tertiary/aromatic N) is 4. The zero-order valence-electron chi connectivity index (χ0n) is 26.1. The van der Waals surface area contributed by atoms with Gasteiger partial charge in [0.1, 0.15) is 0 Å². The summed E-state index contributed by atoms with van der Waals surface area (Å²) in [5.74, 6) is 0.134. The molecule has 4 nitrogen and oxygen atoms in total. The predicted molar refractivity (Wildman–Crippen MR) is 178 cm³/mol. The lowest BCUT2D eigenvalue weighted by atomic mass is 9.79. The van der Waals surface area contributed by atoms with Gasteiger partial charge in [-0.1, -0.05) is 23.5 Å². The highest BCUT2D eigenvalue weighted by Gasteiger charge is 2.25. The average Bonchev–Trinajstić information content (AvgIpc) is 3.36. The van der Waals surface area contributed by atoms with Crippen LogP contribution in [0.4, 0.5) is 16.5 Å². The van der Waals surface area contributed by atoms with Crippen molar-refractivity contribution in [3.05, 3.63) is 81.9 Å². The van der Waals surface area contributed by atoms with E-state index in [0.29, 0.717) is 0 Å². The second-order valence-electron chi connectivity index (χ2n) is 10.7. The van der Waals surface area contributed by atoms with Crippen molar-refractivity contribution in [1.29, 1.82) is 0 Å². The van der Waals surface area contributed by atoms with Crippen LogP contribution < -0.4 is 14.7 Å². The van der Waals surface area contributed by atoms with Crippen LogP contribution in [0, 0.1) is 20.8 Å². The molecule has 1 aromatic heterocycles. The highest BCUT2D eigenvalue weighted by Crippen LogP contribution is 2.42. The Hall–Kier alpha value is -3.05. The molecule has 40 heavy (non-hydrogen) atoms. The summed E-state index contributed by atoms with van der Waals surface area (Å²) < 4.78 is 1.27. The summed E-state index contributed by atoms with van der Waals surface area (Å²) in [6.07, 6.45) is 0. The van der Waals surface area contributed by atoms with Gasteiger partial charge in [-0.25, -0.2) is 4.98 Å². The molecular formula is C35H48N4S. The highest BCUT2D eigenvalue weighted by atomic mass is 32.1. The molecule has 0 fully saturated rings. The molecule has 4 aromatic rings. The van der Waals surface area contributed by atoms with E-state index < -0.39 is 0 Å². The van der Waals surface area contributed by atoms with Crippen molar-refractivity contribution in [1.82, 2.24) is 4.98 Å². The highest BCUT2D eigenvalue weighted by molar-refractivity contribution is 7.22. The van der Waals surface area contributed by atoms with Gasteiger partial charge < -0.3 is 14.7 Å². The first kappa shape index (κ1) is 29.9. The summed E-state index contributed by atoms with van der Waals surface area (Å²) >= 11 is 1.82. The van der Waals surface area contributed by atoms with Crippen molar-refractivity contribution in [2.24, 2.45) is 0 Å². The maximum atomic E-state index is 5.05. The smallest absolute Gasteiger partial charge is 0.186 e. The zero-order valence-corrected chi connectivity index (χ0v) is 27.0. The number of aryl methyl sites for hydroxylation is 3. The van der Waals surface area contributed by atoms with Crippen LogP contribution in [-0.2, 0) is 0 Å². The van der Waals surface area contributed by atoms with Crippen molar-refractivity contribution in [2.75, 3.05) is 54.0 Å². The Morgan fingerprint density at radius 1 is 0.575 bits per heavy atom. The van der Waals surface area contributed by atoms with Crippen molar-refractivity contribution >= 4 is 38.1 Å². The van der Waals surface area contributed by atoms with E-state index in [1.54, 1.807) is 0 Å². The maximum Gasteiger partial charge on any atom is 0.186 e. The Morgan fingerprint density at radius 3 is 1.48 bits per heavy atom. The van der Waals surface area contributed by atoms with Gasteiger partial charge in [0.15, 0.2) is 5.13 Å². The maximum absolute atomic E-state index is 5.05. The minimum Gasteiger partial charge on any atom is -0.372 e. The first-order valence-corrected chi connectivity index (χ1v) is 16.0. The van der Waals surface area contributed by atoms with E-state index in [-0.39, 0.29) is 5.92 Å². The molecular weight excluding hydrogens is 508 g/mol. The monoisotopic (exact) mass is 556 g/mol. The Morgan fingerprint density at radius 2 is 1.02 bits per heavy atom. The molecule has 0 radical (unpaired) electrons. The van der Waals surface area contributed by atoms with Gasteiger partial charge in [0, 0.05) is 56.6 Å². The first-order chi connectivity index (χ1) is 19.3. The lowest BCUT2D eigenvalue weighted by Gasteiger charge is -2.29. The van der Waals surface area contributed by atoms with Gasteiger partial charge >= 0.3 is 0 Å². The summed E-state index contributed by atoms with van der Waals surface area (Å²) in [6.45, 7) is 26.2. The minimum atomic E-state index is 0.134. The van der Waals surface area contributed by atoms with Crippen molar-refractivity contribution in [3.63, 3.8) is 0 Å².